The molecule has 23 heavy (non-hydrogen) atoms. The van der Waals surface area contributed by atoms with Gasteiger partial charge in [0.1, 0.15) is 0 Å². The molecule has 1 aliphatic rings. The van der Waals surface area contributed by atoms with E-state index >= 15 is 0 Å². The van der Waals surface area contributed by atoms with Crippen LogP contribution in [0.25, 0.3) is 0 Å². The molecule has 1 amide bonds. The lowest BCUT2D eigenvalue weighted by atomic mass is 10.1. The van der Waals surface area contributed by atoms with Gasteiger partial charge in [-0.3, -0.25) is 4.79 Å². The summed E-state index contributed by atoms with van der Waals surface area (Å²) >= 11 is 0. The summed E-state index contributed by atoms with van der Waals surface area (Å²) in [6.45, 7) is 2.31. The van der Waals surface area contributed by atoms with Crippen LogP contribution in [-0.4, -0.2) is 49.4 Å². The van der Waals surface area contributed by atoms with E-state index in [1.807, 2.05) is 44.4 Å². The van der Waals surface area contributed by atoms with Crippen molar-refractivity contribution in [3.05, 3.63) is 58.9 Å². The maximum absolute atomic E-state index is 12.7. The summed E-state index contributed by atoms with van der Waals surface area (Å²) in [6.07, 6.45) is 2.40. The lowest BCUT2D eigenvalue weighted by Gasteiger charge is -2.18. The second-order valence-corrected chi connectivity index (χ2v) is 5.65. The average Bonchev–Trinajstić information content (AvgIpc) is 2.76. The van der Waals surface area contributed by atoms with Crippen LogP contribution in [0, 0.1) is 0 Å². The maximum Gasteiger partial charge on any atom is 0.340 e. The molecule has 0 fully saturated rings. The van der Waals surface area contributed by atoms with Gasteiger partial charge >= 0.3 is 5.97 Å². The summed E-state index contributed by atoms with van der Waals surface area (Å²) < 4.78 is 4.84. The molecule has 0 N–H and O–H groups in total. The average molecular weight is 314 g/mol. The number of ether oxygens (including phenoxy) is 1. The molecule has 0 bridgehead atoms. The van der Waals surface area contributed by atoms with Crippen molar-refractivity contribution in [2.45, 2.75) is 13.3 Å². The van der Waals surface area contributed by atoms with Crippen LogP contribution in [0.15, 0.2) is 53.4 Å². The van der Waals surface area contributed by atoms with E-state index in [1.54, 1.807) is 22.9 Å². The second kappa shape index (κ2) is 7.13. The van der Waals surface area contributed by atoms with Crippen molar-refractivity contribution in [2.24, 2.45) is 0 Å². The molecule has 0 saturated carbocycles. The Kier molecular flexibility index (Phi) is 5.21. The molecule has 1 aromatic rings. The molecular formula is C18H22N2O3. The van der Waals surface area contributed by atoms with Gasteiger partial charge in [-0.2, -0.15) is 0 Å². The van der Waals surface area contributed by atoms with Gasteiger partial charge in [-0.1, -0.05) is 30.3 Å². The Labute approximate surface area is 136 Å². The van der Waals surface area contributed by atoms with Gasteiger partial charge in [0.25, 0.3) is 5.91 Å². The zero-order chi connectivity index (χ0) is 17.0. The van der Waals surface area contributed by atoms with Crippen LogP contribution < -0.4 is 0 Å². The van der Waals surface area contributed by atoms with Crippen LogP contribution in [0.5, 0.6) is 0 Å². The molecule has 1 heterocycles. The Morgan fingerprint density at radius 3 is 2.48 bits per heavy atom. The SMILES string of the molecule is COC(=O)C1=C(C)N(CCc2ccccc2)C(=O)/C1=C\N(C)C. The number of hydrogen-bond donors (Lipinski definition) is 0. The third-order valence-corrected chi connectivity index (χ3v) is 3.76. The van der Waals surface area contributed by atoms with Gasteiger partial charge in [-0.15, -0.1) is 0 Å². The van der Waals surface area contributed by atoms with Crippen molar-refractivity contribution in [2.75, 3.05) is 27.7 Å². The van der Waals surface area contributed by atoms with Crippen LogP contribution in [0.2, 0.25) is 0 Å². The summed E-state index contributed by atoms with van der Waals surface area (Å²) in [5, 5.41) is 0. The zero-order valence-electron chi connectivity index (χ0n) is 14.0. The van der Waals surface area contributed by atoms with Crippen LogP contribution in [-0.2, 0) is 20.7 Å². The number of carbonyl (C=O) groups excluding carboxylic acids is 2. The van der Waals surface area contributed by atoms with Crippen LogP contribution >= 0.6 is 0 Å². The highest BCUT2D eigenvalue weighted by Gasteiger charge is 2.36. The topological polar surface area (TPSA) is 49.9 Å². The lowest BCUT2D eigenvalue weighted by molar-refractivity contribution is -0.136. The van der Waals surface area contributed by atoms with E-state index in [2.05, 4.69) is 0 Å². The fraction of sp³-hybridized carbons (Fsp3) is 0.333. The molecule has 5 nitrogen and oxygen atoms in total. The van der Waals surface area contributed by atoms with Crippen LogP contribution in [0.3, 0.4) is 0 Å². The van der Waals surface area contributed by atoms with Gasteiger partial charge in [-0.25, -0.2) is 4.79 Å². The van der Waals surface area contributed by atoms with Crippen molar-refractivity contribution in [3.8, 4) is 0 Å². The molecule has 0 unspecified atom stereocenters. The van der Waals surface area contributed by atoms with Crippen molar-refractivity contribution < 1.29 is 14.3 Å². The number of hydrogen-bond acceptors (Lipinski definition) is 4. The van der Waals surface area contributed by atoms with E-state index in [9.17, 15) is 9.59 Å². The van der Waals surface area contributed by atoms with Crippen molar-refractivity contribution in [3.63, 3.8) is 0 Å². The van der Waals surface area contributed by atoms with Gasteiger partial charge < -0.3 is 14.5 Å². The minimum Gasteiger partial charge on any atom is -0.465 e. The van der Waals surface area contributed by atoms with E-state index in [0.29, 0.717) is 23.4 Å². The number of carbonyl (C=O) groups is 2. The number of benzene rings is 1. The molecule has 0 spiro atoms. The molecule has 0 atom stereocenters. The quantitative estimate of drug-likeness (QED) is 0.616. The van der Waals surface area contributed by atoms with Crippen molar-refractivity contribution >= 4 is 11.9 Å². The maximum atomic E-state index is 12.7. The Morgan fingerprint density at radius 2 is 1.91 bits per heavy atom. The summed E-state index contributed by atoms with van der Waals surface area (Å²) in [4.78, 5) is 28.1. The normalized spacial score (nSPS) is 16.3. The van der Waals surface area contributed by atoms with Gasteiger partial charge in [0, 0.05) is 32.5 Å². The summed E-state index contributed by atoms with van der Waals surface area (Å²) in [5.74, 6) is -0.640. The molecule has 0 aromatic heterocycles. The van der Waals surface area contributed by atoms with Gasteiger partial charge in [-0.05, 0) is 18.9 Å². The molecule has 1 aliphatic heterocycles. The molecule has 0 saturated heterocycles. The lowest BCUT2D eigenvalue weighted by Crippen LogP contribution is -2.27. The third-order valence-electron chi connectivity index (χ3n) is 3.76. The van der Waals surface area contributed by atoms with E-state index in [-0.39, 0.29) is 5.91 Å². The number of methoxy groups -OCH3 is 1. The number of esters is 1. The monoisotopic (exact) mass is 314 g/mol. The predicted molar refractivity (Wildman–Crippen MR) is 88.3 cm³/mol. The first-order valence-electron chi connectivity index (χ1n) is 7.49. The molecule has 0 radical (unpaired) electrons. The Bertz CT molecular complexity index is 660. The number of nitrogens with zero attached hydrogens (tertiary/aromatic N) is 2. The highest BCUT2D eigenvalue weighted by Crippen LogP contribution is 2.30. The van der Waals surface area contributed by atoms with Crippen molar-refractivity contribution in [1.82, 2.24) is 9.80 Å². The Morgan fingerprint density at radius 1 is 1.26 bits per heavy atom. The molecule has 122 valence electrons. The Hall–Kier alpha value is -2.56. The zero-order valence-corrected chi connectivity index (χ0v) is 14.0. The van der Waals surface area contributed by atoms with Gasteiger partial charge in [0.05, 0.1) is 18.3 Å². The van der Waals surface area contributed by atoms with E-state index in [0.717, 1.165) is 12.0 Å². The highest BCUT2D eigenvalue weighted by atomic mass is 16.5. The molecule has 1 aromatic carbocycles. The fourth-order valence-corrected chi connectivity index (χ4v) is 2.63. The Balaban J connectivity index is 2.28. The number of rotatable bonds is 5. The third kappa shape index (κ3) is 3.62. The van der Waals surface area contributed by atoms with Crippen LogP contribution in [0.4, 0.5) is 0 Å². The summed E-state index contributed by atoms with van der Waals surface area (Å²) in [6, 6.07) is 9.96. The summed E-state index contributed by atoms with van der Waals surface area (Å²) in [7, 11) is 4.96. The standard InChI is InChI=1S/C18H22N2O3/c1-13-16(18(22)23-4)15(12-19(2)3)17(21)20(13)11-10-14-8-6-5-7-9-14/h5-9,12H,10-11H2,1-4H3/b15-12-. The first-order valence-corrected chi connectivity index (χ1v) is 7.49. The minimum absolute atomic E-state index is 0.160. The predicted octanol–water partition coefficient (Wildman–Crippen LogP) is 1.96. The number of allylic oxidation sites excluding steroid dienone is 1. The number of amides is 1. The van der Waals surface area contributed by atoms with E-state index in [1.165, 1.54) is 7.11 Å². The molecule has 0 aliphatic carbocycles. The molecule has 2 rings (SSSR count). The minimum atomic E-state index is -0.480. The first kappa shape index (κ1) is 16.8. The second-order valence-electron chi connectivity index (χ2n) is 5.65. The largest absolute Gasteiger partial charge is 0.465 e. The van der Waals surface area contributed by atoms with E-state index < -0.39 is 5.97 Å². The van der Waals surface area contributed by atoms with Gasteiger partial charge in [0.15, 0.2) is 0 Å². The molecular weight excluding hydrogens is 292 g/mol. The first-order chi connectivity index (χ1) is 11.0. The smallest absolute Gasteiger partial charge is 0.340 e. The van der Waals surface area contributed by atoms with Gasteiger partial charge in [0.2, 0.25) is 0 Å². The van der Waals surface area contributed by atoms with Crippen molar-refractivity contribution in [1.29, 1.82) is 0 Å². The fourth-order valence-electron chi connectivity index (χ4n) is 2.63. The van der Waals surface area contributed by atoms with E-state index in [4.69, 9.17) is 4.74 Å². The molecule has 5 heteroatoms. The van der Waals surface area contributed by atoms with Crippen LogP contribution in [0.1, 0.15) is 12.5 Å². The highest BCUT2D eigenvalue weighted by molar-refractivity contribution is 6.13. The summed E-state index contributed by atoms with van der Waals surface area (Å²) in [5.41, 5.74) is 2.52.